The molecule has 3 aliphatic carbocycles. The van der Waals surface area contributed by atoms with E-state index >= 15 is 0 Å². The van der Waals surface area contributed by atoms with Crippen LogP contribution in [0.25, 0.3) is 0 Å². The average molecular weight is 381 g/mol. The molecule has 2 bridgehead atoms. The zero-order chi connectivity index (χ0) is 17.3. The van der Waals surface area contributed by atoms with Crippen molar-refractivity contribution in [2.24, 2.45) is 11.3 Å². The van der Waals surface area contributed by atoms with Crippen molar-refractivity contribution < 1.29 is 21.6 Å². The fraction of sp³-hybridized carbons (Fsp3) is 0.600. The highest BCUT2D eigenvalue weighted by Crippen LogP contribution is 2.66. The Morgan fingerprint density at radius 1 is 1.25 bits per heavy atom. The molecule has 0 saturated heterocycles. The van der Waals surface area contributed by atoms with Gasteiger partial charge in [0.15, 0.2) is 0 Å². The van der Waals surface area contributed by atoms with Gasteiger partial charge in [-0.15, -0.1) is 0 Å². The highest BCUT2D eigenvalue weighted by Gasteiger charge is 2.62. The summed E-state index contributed by atoms with van der Waals surface area (Å²) in [7, 11) is -5.39. The minimum absolute atomic E-state index is 0.0781. The number of halogens is 4. The molecule has 5 rings (SSSR count). The largest absolute Gasteiger partial charge is 0.511 e. The first-order valence-electron chi connectivity index (χ1n) is 7.72. The number of nitrogens with one attached hydrogen (secondary N) is 1. The van der Waals surface area contributed by atoms with Gasteiger partial charge in [0.25, 0.3) is 0 Å². The number of benzene rings is 1. The molecule has 0 spiro atoms. The number of hydrogen-bond donors (Lipinski definition) is 1. The second kappa shape index (κ2) is 5.02. The molecule has 4 nitrogen and oxygen atoms in total. The smallest absolute Gasteiger partial charge is 0.380 e. The zero-order valence-corrected chi connectivity index (χ0v) is 14.2. The summed E-state index contributed by atoms with van der Waals surface area (Å²) < 4.78 is 63.7. The molecule has 1 heterocycles. The van der Waals surface area contributed by atoms with Gasteiger partial charge in [0.05, 0.1) is 0 Å². The van der Waals surface area contributed by atoms with Crippen molar-refractivity contribution in [2.75, 3.05) is 11.9 Å². The molecule has 3 saturated carbocycles. The summed E-state index contributed by atoms with van der Waals surface area (Å²) in [6.45, 7) is -0.512. The molecule has 4 aliphatic rings. The van der Waals surface area contributed by atoms with Gasteiger partial charge in [-0.3, -0.25) is 0 Å². The van der Waals surface area contributed by atoms with Crippen LogP contribution in [0.4, 0.5) is 18.9 Å². The second-order valence-corrected chi connectivity index (χ2v) is 9.45. The molecule has 24 heavy (non-hydrogen) atoms. The average Bonchev–Trinajstić information content (AvgIpc) is 2.53. The lowest BCUT2D eigenvalue weighted by Crippen LogP contribution is -2.63. The SMILES string of the molecule is O=S(=O)(N1Cc2cc(Cl)ccc2NC(C23CC(C2)C3)C1)C(F)(F)F. The number of nitrogens with zero attached hydrogens (tertiary/aromatic N) is 1. The number of sulfonamides is 1. The lowest BCUT2D eigenvalue weighted by molar-refractivity contribution is -0.122. The first-order chi connectivity index (χ1) is 11.1. The van der Waals surface area contributed by atoms with Crippen LogP contribution in [0, 0.1) is 11.3 Å². The molecule has 1 N–H and O–H groups in total. The van der Waals surface area contributed by atoms with Crippen LogP contribution in [0.5, 0.6) is 0 Å². The van der Waals surface area contributed by atoms with Crippen LogP contribution in [0.2, 0.25) is 5.02 Å². The molecule has 0 amide bonds. The molecule has 3 fully saturated rings. The predicted molar refractivity (Wildman–Crippen MR) is 84.0 cm³/mol. The van der Waals surface area contributed by atoms with E-state index in [1.54, 1.807) is 12.1 Å². The van der Waals surface area contributed by atoms with Crippen molar-refractivity contribution in [3.8, 4) is 0 Å². The van der Waals surface area contributed by atoms with Crippen molar-refractivity contribution in [2.45, 2.75) is 37.4 Å². The van der Waals surface area contributed by atoms with E-state index in [2.05, 4.69) is 5.32 Å². The van der Waals surface area contributed by atoms with E-state index in [9.17, 15) is 21.6 Å². The van der Waals surface area contributed by atoms with Crippen LogP contribution >= 0.6 is 11.6 Å². The number of alkyl halides is 3. The summed E-state index contributed by atoms with van der Waals surface area (Å²) in [5.41, 5.74) is -4.26. The van der Waals surface area contributed by atoms with E-state index in [-0.39, 0.29) is 24.5 Å². The number of fused-ring (bicyclic) bond motifs is 1. The van der Waals surface area contributed by atoms with Crippen LogP contribution in [-0.4, -0.2) is 30.8 Å². The lowest BCUT2D eigenvalue weighted by atomic mass is 9.42. The van der Waals surface area contributed by atoms with Gasteiger partial charge in [0.2, 0.25) is 0 Å². The Kier molecular flexibility index (Phi) is 3.44. The van der Waals surface area contributed by atoms with E-state index in [0.717, 1.165) is 19.3 Å². The van der Waals surface area contributed by atoms with Crippen LogP contribution in [-0.2, 0) is 16.6 Å². The van der Waals surface area contributed by atoms with Crippen LogP contribution in [0.15, 0.2) is 18.2 Å². The van der Waals surface area contributed by atoms with Gasteiger partial charge < -0.3 is 5.32 Å². The fourth-order valence-corrected chi connectivity index (χ4v) is 5.32. The first kappa shape index (κ1) is 16.5. The maximum absolute atomic E-state index is 13.1. The quantitative estimate of drug-likeness (QED) is 0.853. The lowest BCUT2D eigenvalue weighted by Gasteiger charge is -2.65. The third kappa shape index (κ3) is 2.34. The predicted octanol–water partition coefficient (Wildman–Crippen LogP) is 3.59. The minimum Gasteiger partial charge on any atom is -0.380 e. The number of hydrogen-bond acceptors (Lipinski definition) is 3. The van der Waals surface area contributed by atoms with Gasteiger partial charge in [-0.25, -0.2) is 8.42 Å². The number of rotatable bonds is 2. The summed E-state index contributed by atoms with van der Waals surface area (Å²) in [5, 5.41) is 3.65. The minimum atomic E-state index is -5.39. The maximum Gasteiger partial charge on any atom is 0.511 e. The highest BCUT2D eigenvalue weighted by molar-refractivity contribution is 7.89. The van der Waals surface area contributed by atoms with Gasteiger partial charge in [0, 0.05) is 29.8 Å². The van der Waals surface area contributed by atoms with Gasteiger partial charge in [-0.2, -0.15) is 17.5 Å². The van der Waals surface area contributed by atoms with E-state index < -0.39 is 15.5 Å². The molecule has 0 aromatic heterocycles. The molecule has 1 aromatic rings. The molecule has 132 valence electrons. The van der Waals surface area contributed by atoms with Crippen molar-refractivity contribution in [1.29, 1.82) is 0 Å². The first-order valence-corrected chi connectivity index (χ1v) is 9.54. The van der Waals surface area contributed by atoms with Gasteiger partial charge in [-0.1, -0.05) is 11.6 Å². The van der Waals surface area contributed by atoms with Crippen LogP contribution in [0.1, 0.15) is 24.8 Å². The van der Waals surface area contributed by atoms with Crippen LogP contribution in [0.3, 0.4) is 0 Å². The topological polar surface area (TPSA) is 49.4 Å². The number of anilines is 1. The fourth-order valence-electron chi connectivity index (χ4n) is 4.17. The Morgan fingerprint density at radius 2 is 1.92 bits per heavy atom. The highest BCUT2D eigenvalue weighted by atomic mass is 35.5. The molecule has 1 unspecified atom stereocenters. The third-order valence-corrected chi connectivity index (χ3v) is 7.37. The monoisotopic (exact) mass is 380 g/mol. The summed E-state index contributed by atoms with van der Waals surface area (Å²) in [4.78, 5) is 0. The van der Waals surface area contributed by atoms with Crippen LogP contribution < -0.4 is 5.32 Å². The molecule has 0 radical (unpaired) electrons. The van der Waals surface area contributed by atoms with Crippen molar-refractivity contribution in [1.82, 2.24) is 4.31 Å². The maximum atomic E-state index is 13.1. The summed E-state index contributed by atoms with van der Waals surface area (Å²) in [6, 6.07) is 4.56. The standard InChI is InChI=1S/C15H16ClF3N2O2S/c16-11-1-2-12-10(3-11)7-21(24(22,23)15(17,18)19)8-13(20-12)14-4-9(5-14)6-14/h1-3,9,13,20H,4-8H2. The van der Waals surface area contributed by atoms with E-state index in [1.165, 1.54) is 6.07 Å². The van der Waals surface area contributed by atoms with Crippen molar-refractivity contribution >= 4 is 27.3 Å². The Balaban J connectivity index is 1.74. The normalized spacial score (nSPS) is 32.8. The summed E-state index contributed by atoms with van der Waals surface area (Å²) in [5.74, 6) is 0.646. The molecule has 9 heteroatoms. The van der Waals surface area contributed by atoms with Gasteiger partial charge in [0.1, 0.15) is 0 Å². The Bertz CT molecular complexity index is 779. The Morgan fingerprint density at radius 3 is 2.46 bits per heavy atom. The zero-order valence-electron chi connectivity index (χ0n) is 12.6. The van der Waals surface area contributed by atoms with Crippen molar-refractivity contribution in [3.63, 3.8) is 0 Å². The van der Waals surface area contributed by atoms with Crippen molar-refractivity contribution in [3.05, 3.63) is 28.8 Å². The Labute approximate surface area is 143 Å². The summed E-state index contributed by atoms with van der Waals surface area (Å²) in [6.07, 6.45) is 2.86. The molecular formula is C15H16ClF3N2O2S. The van der Waals surface area contributed by atoms with E-state index in [0.29, 0.717) is 26.5 Å². The van der Waals surface area contributed by atoms with E-state index in [1.807, 2.05) is 0 Å². The molecule has 1 atom stereocenters. The second-order valence-electron chi connectivity index (χ2n) is 7.08. The molecular weight excluding hydrogens is 365 g/mol. The molecule has 1 aliphatic heterocycles. The molecule has 1 aromatic carbocycles. The van der Waals surface area contributed by atoms with Gasteiger partial charge >= 0.3 is 15.5 Å². The van der Waals surface area contributed by atoms with E-state index in [4.69, 9.17) is 11.6 Å². The van der Waals surface area contributed by atoms with Gasteiger partial charge in [-0.05, 0) is 54.4 Å². The summed E-state index contributed by atoms with van der Waals surface area (Å²) >= 11 is 5.94. The third-order valence-electron chi connectivity index (χ3n) is 5.59. The Hall–Kier alpha value is -0.990.